The van der Waals surface area contributed by atoms with Crippen LogP contribution < -0.4 is 5.32 Å². The highest BCUT2D eigenvalue weighted by Gasteiger charge is 2.34. The van der Waals surface area contributed by atoms with Gasteiger partial charge in [-0.15, -0.1) is 6.54 Å². The summed E-state index contributed by atoms with van der Waals surface area (Å²) in [6, 6.07) is 0. The Morgan fingerprint density at radius 1 is 0.727 bits per heavy atom. The zero-order valence-electron chi connectivity index (χ0n) is 16.0. The van der Waals surface area contributed by atoms with Crippen LogP contribution in [-0.4, -0.2) is 44.4 Å². The Labute approximate surface area is 141 Å². The minimum atomic E-state index is -0.562. The molecule has 1 rings (SSSR count). The molecule has 0 amide bonds. The molecule has 1 aliphatic heterocycles. The molecule has 0 aromatic rings. The van der Waals surface area contributed by atoms with Crippen LogP contribution in [-0.2, 0) is 0 Å². The third-order valence-corrected chi connectivity index (χ3v) is 9.67. The van der Waals surface area contributed by atoms with Gasteiger partial charge in [0.1, 0.15) is 0 Å². The number of nitrogens with zero attached hydrogens (tertiary/aromatic N) is 1. The molecular weight excluding hydrogens is 287 g/mol. The molecule has 0 aromatic carbocycles. The van der Waals surface area contributed by atoms with E-state index in [9.17, 15) is 0 Å². The maximum absolute atomic E-state index is 3.97. The largest absolute Gasteiger partial charge is 0.649 e. The standard InChI is InChI=1S/C16H36P.C3H7N2/c1-5-9-13-17(14-10-6-2,15-11-7-3)16-12-8-4;1-2-5-3-4-1/h5-16H2,1-4H3;4H,1-3H2/q+1;-1. The zero-order valence-corrected chi connectivity index (χ0v) is 16.9. The summed E-state index contributed by atoms with van der Waals surface area (Å²) < 4.78 is 0. The summed E-state index contributed by atoms with van der Waals surface area (Å²) in [5, 5.41) is 7.03. The van der Waals surface area contributed by atoms with Crippen LogP contribution in [0.3, 0.4) is 0 Å². The van der Waals surface area contributed by atoms with E-state index >= 15 is 0 Å². The molecule has 1 saturated heterocycles. The molecule has 134 valence electrons. The van der Waals surface area contributed by atoms with Gasteiger partial charge >= 0.3 is 0 Å². The quantitative estimate of drug-likeness (QED) is 0.428. The molecule has 0 aliphatic carbocycles. The molecule has 3 heteroatoms. The summed E-state index contributed by atoms with van der Waals surface area (Å²) in [5.74, 6) is 0. The Kier molecular flexibility index (Phi) is 16.5. The van der Waals surface area contributed by atoms with Crippen molar-refractivity contribution in [3.05, 3.63) is 5.32 Å². The lowest BCUT2D eigenvalue weighted by Crippen LogP contribution is -2.12. The van der Waals surface area contributed by atoms with Gasteiger partial charge in [-0.25, -0.2) is 0 Å². The first-order chi connectivity index (χ1) is 10.7. The van der Waals surface area contributed by atoms with Crippen molar-refractivity contribution in [2.45, 2.75) is 79.1 Å². The van der Waals surface area contributed by atoms with Crippen molar-refractivity contribution in [1.29, 1.82) is 0 Å². The normalized spacial score (nSPS) is 14.7. The highest BCUT2D eigenvalue weighted by atomic mass is 31.2. The Bertz CT molecular complexity index is 172. The van der Waals surface area contributed by atoms with E-state index < -0.39 is 7.26 Å². The molecule has 0 aromatic heterocycles. The van der Waals surface area contributed by atoms with Crippen molar-refractivity contribution in [3.63, 3.8) is 0 Å². The van der Waals surface area contributed by atoms with Crippen molar-refractivity contribution in [3.8, 4) is 0 Å². The second-order valence-corrected chi connectivity index (χ2v) is 11.2. The molecule has 0 unspecified atom stereocenters. The van der Waals surface area contributed by atoms with Crippen LogP contribution >= 0.6 is 7.26 Å². The summed E-state index contributed by atoms with van der Waals surface area (Å²) in [6.07, 6.45) is 17.9. The van der Waals surface area contributed by atoms with Crippen LogP contribution in [0, 0.1) is 0 Å². The van der Waals surface area contributed by atoms with Gasteiger partial charge in [0.15, 0.2) is 0 Å². The predicted octanol–water partition coefficient (Wildman–Crippen LogP) is 6.13. The van der Waals surface area contributed by atoms with E-state index in [0.29, 0.717) is 0 Å². The minimum Gasteiger partial charge on any atom is -0.649 e. The van der Waals surface area contributed by atoms with Crippen molar-refractivity contribution in [2.24, 2.45) is 0 Å². The number of nitrogens with one attached hydrogen (secondary N) is 1. The smallest absolute Gasteiger partial charge is 0.0594 e. The molecule has 1 aliphatic rings. The van der Waals surface area contributed by atoms with E-state index in [0.717, 1.165) is 19.8 Å². The van der Waals surface area contributed by atoms with Gasteiger partial charge in [0.2, 0.25) is 0 Å². The van der Waals surface area contributed by atoms with Gasteiger partial charge in [0.25, 0.3) is 0 Å². The first-order valence-corrected chi connectivity index (χ1v) is 12.5. The second-order valence-electron chi connectivity index (χ2n) is 6.76. The van der Waals surface area contributed by atoms with Gasteiger partial charge in [-0.2, -0.15) is 0 Å². The zero-order chi connectivity index (χ0) is 16.5. The molecule has 1 N–H and O–H groups in total. The van der Waals surface area contributed by atoms with E-state index in [-0.39, 0.29) is 0 Å². The lowest BCUT2D eigenvalue weighted by atomic mass is 10.4. The Morgan fingerprint density at radius 3 is 1.32 bits per heavy atom. The van der Waals surface area contributed by atoms with Crippen LogP contribution in [0.2, 0.25) is 0 Å². The van der Waals surface area contributed by atoms with Crippen molar-refractivity contribution in [1.82, 2.24) is 5.32 Å². The molecule has 1 fully saturated rings. The van der Waals surface area contributed by atoms with Gasteiger partial charge in [0, 0.05) is 7.26 Å². The second kappa shape index (κ2) is 16.2. The maximum Gasteiger partial charge on any atom is 0.0594 e. The van der Waals surface area contributed by atoms with Crippen LogP contribution in [0.15, 0.2) is 0 Å². The van der Waals surface area contributed by atoms with Crippen LogP contribution in [0.25, 0.3) is 5.32 Å². The highest BCUT2D eigenvalue weighted by molar-refractivity contribution is 7.75. The first-order valence-electron chi connectivity index (χ1n) is 9.93. The van der Waals surface area contributed by atoms with Gasteiger partial charge in [-0.1, -0.05) is 60.0 Å². The van der Waals surface area contributed by atoms with Crippen LogP contribution in [0.5, 0.6) is 0 Å². The molecule has 1 heterocycles. The lowest BCUT2D eigenvalue weighted by Gasteiger charge is -2.28. The minimum absolute atomic E-state index is 0.562. The van der Waals surface area contributed by atoms with E-state index in [1.807, 2.05) is 0 Å². The van der Waals surface area contributed by atoms with E-state index in [1.165, 1.54) is 51.4 Å². The molecule has 0 spiro atoms. The maximum atomic E-state index is 3.97. The van der Waals surface area contributed by atoms with Crippen LogP contribution in [0.1, 0.15) is 79.1 Å². The van der Waals surface area contributed by atoms with Crippen molar-refractivity contribution < 1.29 is 0 Å². The summed E-state index contributed by atoms with van der Waals surface area (Å²) in [7, 11) is -0.562. The average molecular weight is 331 g/mol. The average Bonchev–Trinajstić information content (AvgIpc) is 3.13. The SMILES string of the molecule is C1CNC[N-]1.CCCC[P+](CCCC)(CCCC)CCCC. The van der Waals surface area contributed by atoms with Gasteiger partial charge in [0.05, 0.1) is 24.6 Å². The third kappa shape index (κ3) is 11.9. The number of hydrogen-bond donors (Lipinski definition) is 1. The molecule has 0 atom stereocenters. The van der Waals surface area contributed by atoms with E-state index in [2.05, 4.69) is 38.3 Å². The Balaban J connectivity index is 0.000000734. The fraction of sp³-hybridized carbons (Fsp3) is 1.00. The molecule has 0 radical (unpaired) electrons. The molecular formula is C19H43N2P. The molecule has 0 bridgehead atoms. The van der Waals surface area contributed by atoms with Gasteiger partial charge < -0.3 is 10.6 Å². The highest BCUT2D eigenvalue weighted by Crippen LogP contribution is 2.61. The monoisotopic (exact) mass is 330 g/mol. The van der Waals surface area contributed by atoms with Gasteiger partial charge in [-0.3, -0.25) is 0 Å². The van der Waals surface area contributed by atoms with Gasteiger partial charge in [-0.05, 0) is 32.2 Å². The molecule has 0 saturated carbocycles. The summed E-state index contributed by atoms with van der Waals surface area (Å²) in [4.78, 5) is 0. The Morgan fingerprint density at radius 2 is 1.14 bits per heavy atom. The molecule has 2 nitrogen and oxygen atoms in total. The van der Waals surface area contributed by atoms with Crippen molar-refractivity contribution in [2.75, 3.05) is 44.4 Å². The fourth-order valence-corrected chi connectivity index (χ4v) is 8.33. The van der Waals surface area contributed by atoms with Crippen molar-refractivity contribution >= 4 is 7.26 Å². The topological polar surface area (TPSA) is 26.1 Å². The Hall–Kier alpha value is 0.350. The third-order valence-electron chi connectivity index (χ3n) is 4.61. The predicted molar refractivity (Wildman–Crippen MR) is 107 cm³/mol. The summed E-state index contributed by atoms with van der Waals surface area (Å²) in [6.45, 7) is 12.4. The first kappa shape index (κ1) is 22.4. The van der Waals surface area contributed by atoms with E-state index in [4.69, 9.17) is 0 Å². The summed E-state index contributed by atoms with van der Waals surface area (Å²) in [5.41, 5.74) is 0. The van der Waals surface area contributed by atoms with E-state index in [1.54, 1.807) is 24.6 Å². The lowest BCUT2D eigenvalue weighted by molar-refractivity contribution is 0.814. The number of rotatable bonds is 12. The molecule has 22 heavy (non-hydrogen) atoms. The number of hydrogen-bond acceptors (Lipinski definition) is 1. The van der Waals surface area contributed by atoms with Crippen LogP contribution in [0.4, 0.5) is 0 Å². The number of unbranched alkanes of at least 4 members (excludes halogenated alkanes) is 4. The fourth-order valence-electron chi connectivity index (χ4n) is 3.04. The summed E-state index contributed by atoms with van der Waals surface area (Å²) >= 11 is 0.